The van der Waals surface area contributed by atoms with Crippen molar-refractivity contribution in [1.29, 1.82) is 0 Å². The largest absolute Gasteiger partial charge is 0.481 e. The molecule has 1 rings (SSSR count). The summed E-state index contributed by atoms with van der Waals surface area (Å²) in [5.74, 6) is -2.20. The lowest BCUT2D eigenvalue weighted by atomic mass is 10.0. The predicted molar refractivity (Wildman–Crippen MR) is 78.2 cm³/mol. The Morgan fingerprint density at radius 3 is 2.33 bits per heavy atom. The molecule has 0 aliphatic heterocycles. The molecule has 0 aliphatic carbocycles. The highest BCUT2D eigenvalue weighted by molar-refractivity contribution is 7.90. The second-order valence-electron chi connectivity index (χ2n) is 5.13. The minimum Gasteiger partial charge on any atom is -0.481 e. The molecule has 0 saturated carbocycles. The highest BCUT2D eigenvalue weighted by atomic mass is 32.2. The van der Waals surface area contributed by atoms with Crippen LogP contribution in [0.5, 0.6) is 0 Å². The van der Waals surface area contributed by atoms with E-state index in [1.54, 1.807) is 13.8 Å². The van der Waals surface area contributed by atoms with Gasteiger partial charge in [0.1, 0.15) is 0 Å². The minimum atomic E-state index is -3.42. The summed E-state index contributed by atoms with van der Waals surface area (Å²) in [6, 6.07) is 2.83. The Morgan fingerprint density at radius 2 is 1.86 bits per heavy atom. The molecule has 0 aromatic heterocycles. The lowest BCUT2D eigenvalue weighted by Crippen LogP contribution is -2.32. The van der Waals surface area contributed by atoms with E-state index in [1.165, 1.54) is 19.1 Å². The van der Waals surface area contributed by atoms with E-state index in [2.05, 4.69) is 5.32 Å². The normalized spacial score (nSPS) is 12.8. The van der Waals surface area contributed by atoms with E-state index in [0.29, 0.717) is 11.1 Å². The van der Waals surface area contributed by atoms with Gasteiger partial charge in [-0.15, -0.1) is 0 Å². The third kappa shape index (κ3) is 4.29. The van der Waals surface area contributed by atoms with Gasteiger partial charge in [0.25, 0.3) is 5.91 Å². The summed E-state index contributed by atoms with van der Waals surface area (Å²) in [6.45, 7) is 4.90. The summed E-state index contributed by atoms with van der Waals surface area (Å²) >= 11 is 0. The number of nitrogens with one attached hydrogen (secondary N) is 1. The highest BCUT2D eigenvalue weighted by Crippen LogP contribution is 2.20. The number of carbonyl (C=O) groups is 2. The van der Waals surface area contributed by atoms with Crippen LogP contribution in [-0.2, 0) is 14.6 Å². The van der Waals surface area contributed by atoms with E-state index in [-0.39, 0.29) is 17.0 Å². The molecule has 0 heterocycles. The van der Waals surface area contributed by atoms with Gasteiger partial charge in [-0.25, -0.2) is 8.42 Å². The molecular weight excluding hydrogens is 294 g/mol. The summed E-state index contributed by atoms with van der Waals surface area (Å²) in [5.41, 5.74) is 1.60. The number of carboxylic acids is 1. The zero-order valence-corrected chi connectivity index (χ0v) is 13.2. The lowest BCUT2D eigenvalue weighted by Gasteiger charge is -2.13. The molecule has 1 aromatic carbocycles. The number of sulfone groups is 1. The van der Waals surface area contributed by atoms with E-state index in [9.17, 15) is 18.0 Å². The quantitative estimate of drug-likeness (QED) is 0.849. The third-order valence-corrected chi connectivity index (χ3v) is 4.40. The third-order valence-electron chi connectivity index (χ3n) is 3.30. The first-order valence-corrected chi connectivity index (χ1v) is 8.25. The number of carboxylic acid groups (broad SMARTS) is 1. The van der Waals surface area contributed by atoms with Crippen LogP contribution >= 0.6 is 0 Å². The van der Waals surface area contributed by atoms with Gasteiger partial charge in [0.2, 0.25) is 0 Å². The Hall–Kier alpha value is -1.89. The van der Waals surface area contributed by atoms with Crippen LogP contribution in [0.4, 0.5) is 0 Å². The van der Waals surface area contributed by atoms with Crippen LogP contribution < -0.4 is 5.32 Å². The average molecular weight is 313 g/mol. The van der Waals surface area contributed by atoms with Crippen molar-refractivity contribution in [2.45, 2.75) is 25.7 Å². The number of rotatable bonds is 5. The van der Waals surface area contributed by atoms with Crippen molar-refractivity contribution < 1.29 is 23.1 Å². The fourth-order valence-electron chi connectivity index (χ4n) is 1.70. The van der Waals surface area contributed by atoms with Gasteiger partial charge < -0.3 is 10.4 Å². The first-order chi connectivity index (χ1) is 9.54. The number of hydrogen-bond acceptors (Lipinski definition) is 4. The standard InChI is InChI=1S/C14H19NO5S/c1-8-5-11(21(4,19)20)6-12(10(8)3)13(16)15-7-9(2)14(17)18/h5-6,9H,7H2,1-4H3,(H,15,16)(H,17,18). The van der Waals surface area contributed by atoms with Gasteiger partial charge in [-0.05, 0) is 37.1 Å². The molecule has 0 spiro atoms. The molecule has 0 aliphatic rings. The van der Waals surface area contributed by atoms with Crippen molar-refractivity contribution in [1.82, 2.24) is 5.32 Å². The topological polar surface area (TPSA) is 101 Å². The van der Waals surface area contributed by atoms with Crippen molar-refractivity contribution in [2.75, 3.05) is 12.8 Å². The molecule has 1 aromatic rings. The van der Waals surface area contributed by atoms with Crippen LogP contribution in [-0.4, -0.2) is 38.2 Å². The molecule has 0 radical (unpaired) electrons. The number of hydrogen-bond donors (Lipinski definition) is 2. The molecular formula is C14H19NO5S. The zero-order chi connectivity index (χ0) is 16.4. The van der Waals surface area contributed by atoms with E-state index >= 15 is 0 Å². The molecule has 21 heavy (non-hydrogen) atoms. The van der Waals surface area contributed by atoms with Gasteiger partial charge >= 0.3 is 5.97 Å². The molecule has 0 fully saturated rings. The summed E-state index contributed by atoms with van der Waals surface area (Å²) in [7, 11) is -3.42. The molecule has 1 atom stereocenters. The number of benzene rings is 1. The Morgan fingerprint density at radius 1 is 1.29 bits per heavy atom. The van der Waals surface area contributed by atoms with Gasteiger partial charge in [0.15, 0.2) is 9.84 Å². The van der Waals surface area contributed by atoms with E-state index in [0.717, 1.165) is 6.26 Å². The van der Waals surface area contributed by atoms with Crippen LogP contribution in [0.15, 0.2) is 17.0 Å². The van der Waals surface area contributed by atoms with Gasteiger partial charge in [-0.2, -0.15) is 0 Å². The number of aliphatic carboxylic acids is 1. The Kier molecular flexibility index (Phi) is 5.11. The smallest absolute Gasteiger partial charge is 0.308 e. The van der Waals surface area contributed by atoms with Crippen LogP contribution in [0.3, 0.4) is 0 Å². The van der Waals surface area contributed by atoms with Gasteiger partial charge in [-0.1, -0.05) is 6.92 Å². The first-order valence-electron chi connectivity index (χ1n) is 6.36. The van der Waals surface area contributed by atoms with E-state index in [1.807, 2.05) is 0 Å². The number of carbonyl (C=O) groups excluding carboxylic acids is 1. The molecule has 1 unspecified atom stereocenters. The second-order valence-corrected chi connectivity index (χ2v) is 7.15. The second kappa shape index (κ2) is 6.26. The maximum absolute atomic E-state index is 12.1. The van der Waals surface area contributed by atoms with Crippen LogP contribution in [0, 0.1) is 19.8 Å². The SMILES string of the molecule is Cc1cc(S(C)(=O)=O)cc(C(=O)NCC(C)C(=O)O)c1C. The van der Waals surface area contributed by atoms with Crippen molar-refractivity contribution in [3.05, 3.63) is 28.8 Å². The first kappa shape index (κ1) is 17.2. The number of aryl methyl sites for hydroxylation is 1. The predicted octanol–water partition coefficient (Wildman–Crippen LogP) is 1.16. The van der Waals surface area contributed by atoms with Crippen molar-refractivity contribution in [3.8, 4) is 0 Å². The fourth-order valence-corrected chi connectivity index (χ4v) is 2.43. The summed E-state index contributed by atoms with van der Waals surface area (Å²) in [6.07, 6.45) is 1.07. The van der Waals surface area contributed by atoms with Crippen molar-refractivity contribution in [2.24, 2.45) is 5.92 Å². The van der Waals surface area contributed by atoms with Gasteiger partial charge in [0.05, 0.1) is 10.8 Å². The Balaban J connectivity index is 3.09. The monoisotopic (exact) mass is 313 g/mol. The molecule has 0 saturated heterocycles. The zero-order valence-electron chi connectivity index (χ0n) is 12.4. The molecule has 0 bridgehead atoms. The van der Waals surface area contributed by atoms with Crippen LogP contribution in [0.25, 0.3) is 0 Å². The highest BCUT2D eigenvalue weighted by Gasteiger charge is 2.18. The molecule has 7 heteroatoms. The maximum Gasteiger partial charge on any atom is 0.308 e. The summed E-state index contributed by atoms with van der Waals surface area (Å²) in [5, 5.41) is 11.3. The molecule has 6 nitrogen and oxygen atoms in total. The fraction of sp³-hybridized carbons (Fsp3) is 0.429. The molecule has 2 N–H and O–H groups in total. The lowest BCUT2D eigenvalue weighted by molar-refractivity contribution is -0.140. The summed E-state index contributed by atoms with van der Waals surface area (Å²) < 4.78 is 23.2. The van der Waals surface area contributed by atoms with Crippen molar-refractivity contribution >= 4 is 21.7 Å². The summed E-state index contributed by atoms with van der Waals surface area (Å²) in [4.78, 5) is 22.9. The Labute approximate surface area is 124 Å². The molecule has 1 amide bonds. The minimum absolute atomic E-state index is 0.0181. The average Bonchev–Trinajstić information content (AvgIpc) is 2.37. The van der Waals surface area contributed by atoms with E-state index < -0.39 is 27.6 Å². The molecule has 116 valence electrons. The van der Waals surface area contributed by atoms with Gasteiger partial charge in [-0.3, -0.25) is 9.59 Å². The Bertz CT molecular complexity index is 679. The van der Waals surface area contributed by atoms with E-state index in [4.69, 9.17) is 5.11 Å². The number of amides is 1. The van der Waals surface area contributed by atoms with Crippen molar-refractivity contribution in [3.63, 3.8) is 0 Å². The van der Waals surface area contributed by atoms with Crippen LogP contribution in [0.2, 0.25) is 0 Å². The maximum atomic E-state index is 12.1. The van der Waals surface area contributed by atoms with Crippen LogP contribution in [0.1, 0.15) is 28.4 Å². The van der Waals surface area contributed by atoms with Gasteiger partial charge in [0, 0.05) is 18.4 Å².